The van der Waals surface area contributed by atoms with Gasteiger partial charge in [0.05, 0.1) is 17.4 Å². The molecule has 0 aliphatic carbocycles. The number of nitrogens with zero attached hydrogens (tertiary/aromatic N) is 3. The van der Waals surface area contributed by atoms with Gasteiger partial charge in [-0.15, -0.1) is 0 Å². The number of piperidine rings is 1. The van der Waals surface area contributed by atoms with Crippen LogP contribution in [0.3, 0.4) is 0 Å². The van der Waals surface area contributed by atoms with Gasteiger partial charge in [0, 0.05) is 36.8 Å². The molecule has 7 heteroatoms. The van der Waals surface area contributed by atoms with Crippen LogP contribution in [0, 0.1) is 17.2 Å². The van der Waals surface area contributed by atoms with Crippen LogP contribution >= 0.6 is 0 Å². The summed E-state index contributed by atoms with van der Waals surface area (Å²) in [7, 11) is -3.23. The minimum absolute atomic E-state index is 0.0475. The molecule has 2 aromatic rings. The molecule has 2 aliphatic heterocycles. The molecular formula is C21H23N3O3S. The van der Waals surface area contributed by atoms with Crippen molar-refractivity contribution in [3.05, 3.63) is 58.0 Å². The summed E-state index contributed by atoms with van der Waals surface area (Å²) in [6.07, 6.45) is 1.52. The van der Waals surface area contributed by atoms with Crippen LogP contribution in [0.5, 0.6) is 0 Å². The number of hydrogen-bond donors (Lipinski definition) is 0. The lowest BCUT2D eigenvalue weighted by Crippen LogP contribution is -2.49. The third kappa shape index (κ3) is 3.27. The van der Waals surface area contributed by atoms with Crippen LogP contribution in [0.25, 0.3) is 11.1 Å². The molecule has 0 unspecified atom stereocenters. The zero-order valence-electron chi connectivity index (χ0n) is 15.8. The van der Waals surface area contributed by atoms with Crippen molar-refractivity contribution in [2.75, 3.05) is 18.8 Å². The average Bonchev–Trinajstić information content (AvgIpc) is 2.68. The fraction of sp³-hybridized carbons (Fsp3) is 0.429. The second-order valence-corrected chi connectivity index (χ2v) is 9.80. The largest absolute Gasteiger partial charge is 0.311 e. The number of rotatable bonds is 4. The summed E-state index contributed by atoms with van der Waals surface area (Å²) in [5.74, 6) is 0.371. The molecule has 2 atom stereocenters. The molecule has 0 radical (unpaired) electrons. The van der Waals surface area contributed by atoms with Gasteiger partial charge in [-0.3, -0.25) is 4.79 Å². The maximum absolute atomic E-state index is 13.2. The van der Waals surface area contributed by atoms with Crippen LogP contribution in [0.4, 0.5) is 0 Å². The Morgan fingerprint density at radius 1 is 1.18 bits per heavy atom. The summed E-state index contributed by atoms with van der Waals surface area (Å²) in [4.78, 5) is 13.2. The molecule has 4 rings (SSSR count). The first-order valence-corrected chi connectivity index (χ1v) is 11.3. The van der Waals surface area contributed by atoms with Crippen molar-refractivity contribution in [1.82, 2.24) is 8.87 Å². The maximum Gasteiger partial charge on any atom is 0.258 e. The topological polar surface area (TPSA) is 83.2 Å². The third-order valence-electron chi connectivity index (χ3n) is 5.73. The van der Waals surface area contributed by atoms with Gasteiger partial charge in [-0.05, 0) is 48.6 Å². The number of sulfonamides is 1. The zero-order chi connectivity index (χ0) is 19.9. The monoisotopic (exact) mass is 397 g/mol. The summed E-state index contributed by atoms with van der Waals surface area (Å²) in [6.45, 7) is 3.34. The molecule has 2 aliphatic rings. The van der Waals surface area contributed by atoms with Gasteiger partial charge in [0.1, 0.15) is 0 Å². The van der Waals surface area contributed by atoms with Gasteiger partial charge in [0.2, 0.25) is 10.0 Å². The fourth-order valence-corrected chi connectivity index (χ4v) is 6.11. The van der Waals surface area contributed by atoms with Crippen LogP contribution in [-0.4, -0.2) is 36.1 Å². The van der Waals surface area contributed by atoms with E-state index in [1.807, 2.05) is 29.7 Å². The lowest BCUT2D eigenvalue weighted by atomic mass is 9.84. The van der Waals surface area contributed by atoms with Gasteiger partial charge in [0.25, 0.3) is 5.56 Å². The Morgan fingerprint density at radius 2 is 2.00 bits per heavy atom. The predicted molar refractivity (Wildman–Crippen MR) is 107 cm³/mol. The Bertz CT molecular complexity index is 1110. The Balaban J connectivity index is 1.71. The van der Waals surface area contributed by atoms with Crippen LogP contribution in [-0.2, 0) is 16.6 Å². The van der Waals surface area contributed by atoms with E-state index in [1.165, 1.54) is 0 Å². The summed E-state index contributed by atoms with van der Waals surface area (Å²) in [5.41, 5.74) is 2.69. The van der Waals surface area contributed by atoms with E-state index in [1.54, 1.807) is 22.5 Å². The Hall–Kier alpha value is -2.43. The van der Waals surface area contributed by atoms with Gasteiger partial charge >= 0.3 is 0 Å². The lowest BCUT2D eigenvalue weighted by molar-refractivity contribution is 0.186. The third-order valence-corrected chi connectivity index (χ3v) is 7.74. The van der Waals surface area contributed by atoms with Gasteiger partial charge in [0.15, 0.2) is 0 Å². The molecule has 28 heavy (non-hydrogen) atoms. The standard InChI is InChI=1S/C21H23N3O3S/c1-2-8-28(26,27)23-12-16-10-18(14-23)20-7-6-19(21(25)24(20)13-16)17-5-3-4-15(9-17)11-22/h3-7,9,16,18H,2,8,10,12-14H2,1H3/t16-,18+/m0/s1. The van der Waals surface area contributed by atoms with E-state index < -0.39 is 10.0 Å². The summed E-state index contributed by atoms with van der Waals surface area (Å²) in [5, 5.41) is 9.12. The molecule has 1 saturated heterocycles. The Morgan fingerprint density at radius 3 is 2.75 bits per heavy atom. The zero-order valence-corrected chi connectivity index (χ0v) is 16.7. The maximum atomic E-state index is 13.2. The number of benzene rings is 1. The first-order valence-electron chi connectivity index (χ1n) is 9.65. The minimum atomic E-state index is -3.23. The van der Waals surface area contributed by atoms with E-state index in [0.29, 0.717) is 37.2 Å². The van der Waals surface area contributed by atoms with E-state index in [2.05, 4.69) is 6.07 Å². The van der Waals surface area contributed by atoms with Crippen molar-refractivity contribution in [3.63, 3.8) is 0 Å². The molecule has 1 fully saturated rings. The van der Waals surface area contributed by atoms with Gasteiger partial charge < -0.3 is 4.57 Å². The highest BCUT2D eigenvalue weighted by Crippen LogP contribution is 2.36. The van der Waals surface area contributed by atoms with Gasteiger partial charge in [-0.1, -0.05) is 19.1 Å². The molecule has 0 amide bonds. The van der Waals surface area contributed by atoms with Gasteiger partial charge in [-0.25, -0.2) is 12.7 Å². The van der Waals surface area contributed by atoms with Crippen molar-refractivity contribution >= 4 is 10.0 Å². The number of nitriles is 1. The molecule has 1 aromatic heterocycles. The second kappa shape index (κ2) is 7.19. The molecule has 3 heterocycles. The van der Waals surface area contributed by atoms with Crippen LogP contribution in [0.2, 0.25) is 0 Å². The molecule has 0 saturated carbocycles. The molecular weight excluding hydrogens is 374 g/mol. The van der Waals surface area contributed by atoms with Crippen LogP contribution in [0.1, 0.15) is 36.9 Å². The molecule has 6 nitrogen and oxygen atoms in total. The first kappa shape index (κ1) is 18.9. The second-order valence-electron chi connectivity index (χ2n) is 7.71. The molecule has 2 bridgehead atoms. The predicted octanol–water partition coefficient (Wildman–Crippen LogP) is 2.55. The van der Waals surface area contributed by atoms with Crippen molar-refractivity contribution in [3.8, 4) is 17.2 Å². The van der Waals surface area contributed by atoms with E-state index in [9.17, 15) is 13.2 Å². The van der Waals surface area contributed by atoms with E-state index in [-0.39, 0.29) is 23.1 Å². The van der Waals surface area contributed by atoms with Crippen LogP contribution < -0.4 is 5.56 Å². The van der Waals surface area contributed by atoms with E-state index in [0.717, 1.165) is 17.7 Å². The molecule has 1 aromatic carbocycles. The highest BCUT2D eigenvalue weighted by atomic mass is 32.2. The summed E-state index contributed by atoms with van der Waals surface area (Å²) in [6, 6.07) is 12.9. The fourth-order valence-electron chi connectivity index (χ4n) is 4.49. The normalized spacial score (nSPS) is 21.7. The van der Waals surface area contributed by atoms with Crippen molar-refractivity contribution in [2.24, 2.45) is 5.92 Å². The van der Waals surface area contributed by atoms with E-state index >= 15 is 0 Å². The van der Waals surface area contributed by atoms with E-state index in [4.69, 9.17) is 5.26 Å². The summed E-state index contributed by atoms with van der Waals surface area (Å²) >= 11 is 0. The first-order chi connectivity index (χ1) is 13.4. The average molecular weight is 398 g/mol. The molecule has 0 spiro atoms. The highest BCUT2D eigenvalue weighted by Gasteiger charge is 2.38. The quantitative estimate of drug-likeness (QED) is 0.794. The van der Waals surface area contributed by atoms with Crippen LogP contribution in [0.15, 0.2) is 41.2 Å². The smallest absolute Gasteiger partial charge is 0.258 e. The number of fused-ring (bicyclic) bond motifs is 4. The number of hydrogen-bond acceptors (Lipinski definition) is 4. The number of aromatic nitrogens is 1. The highest BCUT2D eigenvalue weighted by molar-refractivity contribution is 7.89. The number of pyridine rings is 1. The van der Waals surface area contributed by atoms with Crippen molar-refractivity contribution in [1.29, 1.82) is 5.26 Å². The Kier molecular flexibility index (Phi) is 4.86. The SMILES string of the molecule is CCCS(=O)(=O)N1C[C@@H]2C[C@H](C1)c1ccc(-c3cccc(C#N)c3)c(=O)n1C2. The summed E-state index contributed by atoms with van der Waals surface area (Å²) < 4.78 is 28.5. The molecule has 146 valence electrons. The lowest BCUT2D eigenvalue weighted by Gasteiger charge is -2.42. The molecule has 0 N–H and O–H groups in total. The minimum Gasteiger partial charge on any atom is -0.311 e. The Labute approximate surface area is 165 Å². The van der Waals surface area contributed by atoms with Crippen molar-refractivity contribution in [2.45, 2.75) is 32.2 Å². The van der Waals surface area contributed by atoms with Gasteiger partial charge in [-0.2, -0.15) is 5.26 Å². The van der Waals surface area contributed by atoms with Crippen molar-refractivity contribution < 1.29 is 8.42 Å².